The lowest BCUT2D eigenvalue weighted by Crippen LogP contribution is -2.16. The molecule has 2 aromatic rings. The van der Waals surface area contributed by atoms with Crippen LogP contribution in [-0.2, 0) is 20.0 Å². The first-order chi connectivity index (χ1) is 8.65. The summed E-state index contributed by atoms with van der Waals surface area (Å²) in [5.41, 5.74) is 1.99. The molecule has 7 heteroatoms. The normalized spacial score (nSPS) is 10.7. The first kappa shape index (κ1) is 12.7. The fourth-order valence-corrected chi connectivity index (χ4v) is 2.33. The molecule has 0 saturated heterocycles. The first-order valence-corrected chi connectivity index (χ1v) is 6.44. The Labute approximate surface area is 108 Å². The second-order valence-corrected chi connectivity index (χ2v) is 4.85. The third-order valence-corrected chi connectivity index (χ3v) is 3.40. The zero-order valence-corrected chi connectivity index (χ0v) is 10.8. The van der Waals surface area contributed by atoms with E-state index in [0.29, 0.717) is 6.54 Å². The molecule has 6 nitrogen and oxygen atoms in total. The summed E-state index contributed by atoms with van der Waals surface area (Å²) in [7, 11) is 1.89. The van der Waals surface area contributed by atoms with Gasteiger partial charge in [-0.1, -0.05) is 11.3 Å². The van der Waals surface area contributed by atoms with Gasteiger partial charge >= 0.3 is 5.00 Å². The van der Waals surface area contributed by atoms with Crippen molar-refractivity contribution in [2.45, 2.75) is 13.0 Å². The number of thiophene rings is 1. The van der Waals surface area contributed by atoms with E-state index in [9.17, 15) is 10.1 Å². The number of hydrogen-bond acceptors (Lipinski definition) is 5. The lowest BCUT2D eigenvalue weighted by atomic mass is 10.3. The van der Waals surface area contributed by atoms with Gasteiger partial charge in [0.2, 0.25) is 0 Å². The largest absolute Gasteiger partial charge is 0.324 e. The van der Waals surface area contributed by atoms with Crippen molar-refractivity contribution in [1.82, 2.24) is 15.1 Å². The molecular weight excluding hydrogens is 252 g/mol. The molecule has 2 heterocycles. The van der Waals surface area contributed by atoms with Crippen molar-refractivity contribution in [2.75, 3.05) is 6.54 Å². The topological polar surface area (TPSA) is 73.0 Å². The molecule has 0 aromatic carbocycles. The molecule has 0 bridgehead atoms. The van der Waals surface area contributed by atoms with Gasteiger partial charge in [-0.05, 0) is 11.6 Å². The van der Waals surface area contributed by atoms with Gasteiger partial charge in [0.05, 0.1) is 10.6 Å². The van der Waals surface area contributed by atoms with Gasteiger partial charge in [0.1, 0.15) is 0 Å². The predicted octanol–water partition coefficient (Wildman–Crippen LogP) is 1.72. The molecule has 0 amide bonds. The summed E-state index contributed by atoms with van der Waals surface area (Å²) >= 11 is 1.16. The Bertz CT molecular complexity index is 535. The maximum absolute atomic E-state index is 10.5. The molecule has 0 aliphatic carbocycles. The monoisotopic (exact) mass is 266 g/mol. The van der Waals surface area contributed by atoms with Gasteiger partial charge in [-0.2, -0.15) is 5.10 Å². The zero-order valence-electron chi connectivity index (χ0n) is 10.00. The van der Waals surface area contributed by atoms with Crippen LogP contribution in [0, 0.1) is 10.1 Å². The number of rotatable bonds is 6. The molecule has 2 aromatic heterocycles. The maximum Gasteiger partial charge on any atom is 0.324 e. The summed E-state index contributed by atoms with van der Waals surface area (Å²) in [6.45, 7) is 1.46. The van der Waals surface area contributed by atoms with Gasteiger partial charge < -0.3 is 5.32 Å². The molecule has 18 heavy (non-hydrogen) atoms. The minimum atomic E-state index is -0.359. The van der Waals surface area contributed by atoms with Crippen LogP contribution >= 0.6 is 11.3 Å². The quantitative estimate of drug-likeness (QED) is 0.491. The van der Waals surface area contributed by atoms with E-state index in [1.54, 1.807) is 10.7 Å². The number of nitro groups is 1. The highest BCUT2D eigenvalue weighted by Crippen LogP contribution is 2.22. The summed E-state index contributed by atoms with van der Waals surface area (Å²) in [5, 5.41) is 20.0. The van der Waals surface area contributed by atoms with Crippen molar-refractivity contribution in [2.24, 2.45) is 7.05 Å². The van der Waals surface area contributed by atoms with Crippen LogP contribution in [0.25, 0.3) is 0 Å². The van der Waals surface area contributed by atoms with Crippen LogP contribution < -0.4 is 5.32 Å². The molecule has 0 fully saturated rings. The Morgan fingerprint density at radius 2 is 2.44 bits per heavy atom. The SMILES string of the molecule is Cn1ccc(CCNCc2csc([N+](=O)[O-])c2)n1. The molecule has 0 atom stereocenters. The molecule has 0 saturated carbocycles. The molecule has 0 unspecified atom stereocenters. The van der Waals surface area contributed by atoms with Crippen LogP contribution in [0.5, 0.6) is 0 Å². The third kappa shape index (κ3) is 3.38. The van der Waals surface area contributed by atoms with E-state index in [1.807, 2.05) is 24.7 Å². The van der Waals surface area contributed by atoms with Crippen molar-refractivity contribution >= 4 is 16.3 Å². The van der Waals surface area contributed by atoms with Gasteiger partial charge in [-0.15, -0.1) is 0 Å². The van der Waals surface area contributed by atoms with Crippen molar-refractivity contribution in [3.8, 4) is 0 Å². The van der Waals surface area contributed by atoms with Crippen molar-refractivity contribution in [3.05, 3.63) is 45.1 Å². The minimum absolute atomic E-state index is 0.191. The molecular formula is C11H14N4O2S. The Morgan fingerprint density at radius 1 is 1.61 bits per heavy atom. The molecule has 0 radical (unpaired) electrons. The second kappa shape index (κ2) is 5.74. The van der Waals surface area contributed by atoms with Crippen molar-refractivity contribution in [3.63, 3.8) is 0 Å². The van der Waals surface area contributed by atoms with E-state index in [2.05, 4.69) is 10.4 Å². The van der Waals surface area contributed by atoms with Crippen LogP contribution in [0.4, 0.5) is 5.00 Å². The van der Waals surface area contributed by atoms with Gasteiger partial charge in [0, 0.05) is 44.2 Å². The third-order valence-electron chi connectivity index (χ3n) is 2.48. The van der Waals surface area contributed by atoms with Gasteiger partial charge in [-0.3, -0.25) is 14.8 Å². The summed E-state index contributed by atoms with van der Waals surface area (Å²) in [4.78, 5) is 10.2. The van der Waals surface area contributed by atoms with Gasteiger partial charge in [0.15, 0.2) is 0 Å². The second-order valence-electron chi connectivity index (χ2n) is 3.96. The predicted molar refractivity (Wildman–Crippen MR) is 69.6 cm³/mol. The van der Waals surface area contributed by atoms with E-state index in [-0.39, 0.29) is 9.92 Å². The van der Waals surface area contributed by atoms with E-state index in [0.717, 1.165) is 35.6 Å². The number of hydrogen-bond donors (Lipinski definition) is 1. The smallest absolute Gasteiger partial charge is 0.312 e. The Kier molecular flexibility index (Phi) is 4.06. The van der Waals surface area contributed by atoms with E-state index in [4.69, 9.17) is 0 Å². The maximum atomic E-state index is 10.5. The summed E-state index contributed by atoms with van der Waals surface area (Å²) in [6, 6.07) is 3.59. The zero-order chi connectivity index (χ0) is 13.0. The van der Waals surface area contributed by atoms with Crippen LogP contribution in [0.3, 0.4) is 0 Å². The Hall–Kier alpha value is -1.73. The molecule has 2 rings (SSSR count). The lowest BCUT2D eigenvalue weighted by Gasteiger charge is -2.00. The highest BCUT2D eigenvalue weighted by Gasteiger charge is 2.08. The van der Waals surface area contributed by atoms with Crippen molar-refractivity contribution < 1.29 is 4.92 Å². The number of nitrogens with one attached hydrogen (secondary N) is 1. The molecule has 0 aliphatic rings. The van der Waals surface area contributed by atoms with Gasteiger partial charge in [0.25, 0.3) is 0 Å². The summed E-state index contributed by atoms with van der Waals surface area (Å²) < 4.78 is 1.78. The molecule has 96 valence electrons. The minimum Gasteiger partial charge on any atom is -0.312 e. The number of aryl methyl sites for hydroxylation is 1. The van der Waals surface area contributed by atoms with Crippen LogP contribution in [0.15, 0.2) is 23.7 Å². The molecule has 1 N–H and O–H groups in total. The standard InChI is InChI=1S/C11H14N4O2S/c1-14-5-3-10(13-14)2-4-12-7-9-6-11(15(16)17)18-8-9/h3,5-6,8,12H,2,4,7H2,1H3. The number of nitrogens with zero attached hydrogens (tertiary/aromatic N) is 3. The molecule has 0 spiro atoms. The van der Waals surface area contributed by atoms with Gasteiger partial charge in [-0.25, -0.2) is 0 Å². The lowest BCUT2D eigenvalue weighted by molar-refractivity contribution is -0.380. The fourth-order valence-electron chi connectivity index (χ4n) is 1.60. The summed E-state index contributed by atoms with van der Waals surface area (Å²) in [6.07, 6.45) is 2.77. The van der Waals surface area contributed by atoms with E-state index in [1.165, 1.54) is 0 Å². The Balaban J connectivity index is 1.73. The average Bonchev–Trinajstić information content (AvgIpc) is 2.93. The van der Waals surface area contributed by atoms with Crippen LogP contribution in [-0.4, -0.2) is 21.2 Å². The van der Waals surface area contributed by atoms with E-state index >= 15 is 0 Å². The highest BCUT2D eigenvalue weighted by molar-refractivity contribution is 7.13. The van der Waals surface area contributed by atoms with Crippen LogP contribution in [0.1, 0.15) is 11.3 Å². The first-order valence-electron chi connectivity index (χ1n) is 5.56. The summed E-state index contributed by atoms with van der Waals surface area (Å²) in [5.74, 6) is 0. The highest BCUT2D eigenvalue weighted by atomic mass is 32.1. The molecule has 0 aliphatic heterocycles. The Morgan fingerprint density at radius 3 is 3.06 bits per heavy atom. The number of aromatic nitrogens is 2. The van der Waals surface area contributed by atoms with E-state index < -0.39 is 0 Å². The fraction of sp³-hybridized carbons (Fsp3) is 0.364. The van der Waals surface area contributed by atoms with Crippen LogP contribution in [0.2, 0.25) is 0 Å². The van der Waals surface area contributed by atoms with Crippen molar-refractivity contribution in [1.29, 1.82) is 0 Å². The average molecular weight is 266 g/mol.